The summed E-state index contributed by atoms with van der Waals surface area (Å²) in [7, 11) is 0. The van der Waals surface area contributed by atoms with Gasteiger partial charge >= 0.3 is 0 Å². The molecular weight excluding hydrogens is 324 g/mol. The van der Waals surface area contributed by atoms with E-state index in [0.29, 0.717) is 18.4 Å². The summed E-state index contributed by atoms with van der Waals surface area (Å²) < 4.78 is 0. The normalized spacial score (nSPS) is 34.5. The fourth-order valence-corrected chi connectivity index (χ4v) is 6.33. The van der Waals surface area contributed by atoms with E-state index >= 15 is 0 Å². The predicted molar refractivity (Wildman–Crippen MR) is 102 cm³/mol. The summed E-state index contributed by atoms with van der Waals surface area (Å²) >= 11 is 0. The van der Waals surface area contributed by atoms with Crippen LogP contribution in [0.2, 0.25) is 0 Å². The van der Waals surface area contributed by atoms with Gasteiger partial charge in [-0.2, -0.15) is 0 Å². The van der Waals surface area contributed by atoms with E-state index in [0.717, 1.165) is 25.7 Å². The van der Waals surface area contributed by atoms with E-state index in [1.807, 2.05) is 6.92 Å². The van der Waals surface area contributed by atoms with Gasteiger partial charge < -0.3 is 10.6 Å². The first kappa shape index (κ1) is 17.6. The summed E-state index contributed by atoms with van der Waals surface area (Å²) in [4.78, 5) is 25.0. The first-order chi connectivity index (χ1) is 12.6. The number of hydrogen-bond acceptors (Lipinski definition) is 2. The zero-order valence-electron chi connectivity index (χ0n) is 15.7. The van der Waals surface area contributed by atoms with Crippen molar-refractivity contribution < 1.29 is 9.59 Å². The van der Waals surface area contributed by atoms with Gasteiger partial charge in [-0.15, -0.1) is 0 Å². The van der Waals surface area contributed by atoms with Crippen LogP contribution in [0.1, 0.15) is 57.4 Å². The van der Waals surface area contributed by atoms with Gasteiger partial charge in [0.1, 0.15) is 0 Å². The Kier molecular flexibility index (Phi) is 4.54. The molecule has 26 heavy (non-hydrogen) atoms. The predicted octanol–water partition coefficient (Wildman–Crippen LogP) is 3.17. The van der Waals surface area contributed by atoms with Crippen molar-refractivity contribution in [1.29, 1.82) is 0 Å². The molecule has 4 bridgehead atoms. The molecule has 2 amide bonds. The molecule has 0 heterocycles. The van der Waals surface area contributed by atoms with Crippen LogP contribution >= 0.6 is 0 Å². The van der Waals surface area contributed by atoms with Gasteiger partial charge in [-0.3, -0.25) is 9.59 Å². The van der Waals surface area contributed by atoms with Crippen LogP contribution < -0.4 is 10.6 Å². The molecule has 0 aliphatic heterocycles. The number of rotatable bonds is 6. The van der Waals surface area contributed by atoms with Crippen LogP contribution in [0.4, 0.5) is 0 Å². The van der Waals surface area contributed by atoms with Gasteiger partial charge in [-0.1, -0.05) is 37.3 Å². The zero-order chi connectivity index (χ0) is 18.2. The quantitative estimate of drug-likeness (QED) is 0.824. The van der Waals surface area contributed by atoms with E-state index < -0.39 is 0 Å². The average molecular weight is 354 g/mol. The second kappa shape index (κ2) is 6.71. The standard InChI is InChI=1S/C22H30N2O2/c1-2-8-23-19(25)14-24-20(26)22-12-16-9-17(13-22)11-21(10-16,15-22)18-6-4-3-5-7-18/h3-7,16-17H,2,8-15H2,1H3,(H,23,25)(H,24,26)/t16-,17+,21?,22?. The van der Waals surface area contributed by atoms with Gasteiger partial charge in [0.15, 0.2) is 0 Å². The van der Waals surface area contributed by atoms with Crippen molar-refractivity contribution in [2.24, 2.45) is 17.3 Å². The molecule has 4 nitrogen and oxygen atoms in total. The van der Waals surface area contributed by atoms with Crippen molar-refractivity contribution >= 4 is 11.8 Å². The molecule has 4 aliphatic carbocycles. The maximum Gasteiger partial charge on any atom is 0.239 e. The van der Waals surface area contributed by atoms with Crippen LogP contribution in [0.5, 0.6) is 0 Å². The van der Waals surface area contributed by atoms with Crippen molar-refractivity contribution in [3.63, 3.8) is 0 Å². The highest BCUT2D eigenvalue weighted by molar-refractivity contribution is 5.88. The van der Waals surface area contributed by atoms with Crippen molar-refractivity contribution in [1.82, 2.24) is 10.6 Å². The lowest BCUT2D eigenvalue weighted by Gasteiger charge is -2.61. The number of hydrogen-bond donors (Lipinski definition) is 2. The van der Waals surface area contributed by atoms with Gasteiger partial charge in [-0.25, -0.2) is 0 Å². The Morgan fingerprint density at radius 3 is 2.38 bits per heavy atom. The van der Waals surface area contributed by atoms with E-state index in [-0.39, 0.29) is 29.2 Å². The van der Waals surface area contributed by atoms with Crippen molar-refractivity contribution in [2.45, 2.75) is 57.3 Å². The largest absolute Gasteiger partial charge is 0.355 e. The maximum atomic E-state index is 13.2. The number of carbonyl (C=O) groups is 2. The molecule has 4 aliphatic rings. The number of amides is 2. The highest BCUT2D eigenvalue weighted by Crippen LogP contribution is 2.65. The molecule has 0 radical (unpaired) electrons. The lowest BCUT2D eigenvalue weighted by Crippen LogP contribution is -2.59. The summed E-state index contributed by atoms with van der Waals surface area (Å²) in [5.74, 6) is 1.33. The van der Waals surface area contributed by atoms with Crippen LogP contribution in [0.25, 0.3) is 0 Å². The Morgan fingerprint density at radius 1 is 1.04 bits per heavy atom. The van der Waals surface area contributed by atoms with Crippen molar-refractivity contribution in [2.75, 3.05) is 13.1 Å². The molecule has 4 saturated carbocycles. The third-order valence-corrected chi connectivity index (χ3v) is 6.91. The molecule has 0 aromatic heterocycles. The van der Waals surface area contributed by atoms with Crippen LogP contribution in [-0.4, -0.2) is 24.9 Å². The van der Waals surface area contributed by atoms with E-state index in [9.17, 15) is 9.59 Å². The molecule has 4 fully saturated rings. The van der Waals surface area contributed by atoms with Crippen molar-refractivity contribution in [3.8, 4) is 0 Å². The minimum atomic E-state index is -0.273. The van der Waals surface area contributed by atoms with Crippen molar-refractivity contribution in [3.05, 3.63) is 35.9 Å². The molecule has 5 rings (SSSR count). The van der Waals surface area contributed by atoms with Crippen LogP contribution in [0, 0.1) is 17.3 Å². The summed E-state index contributed by atoms with van der Waals surface area (Å²) in [6.45, 7) is 2.80. The lowest BCUT2D eigenvalue weighted by atomic mass is 9.42. The summed E-state index contributed by atoms with van der Waals surface area (Å²) in [5.41, 5.74) is 1.30. The number of benzene rings is 1. The third-order valence-electron chi connectivity index (χ3n) is 6.91. The van der Waals surface area contributed by atoms with Crippen LogP contribution in [-0.2, 0) is 15.0 Å². The van der Waals surface area contributed by atoms with E-state index in [2.05, 4.69) is 41.0 Å². The van der Waals surface area contributed by atoms with E-state index in [1.54, 1.807) is 0 Å². The molecule has 1 aromatic rings. The smallest absolute Gasteiger partial charge is 0.239 e. The second-order valence-corrected chi connectivity index (χ2v) is 8.92. The SMILES string of the molecule is CCCNC(=O)CNC(=O)C12C[C@H]3C[C@@H](C1)CC(c1ccccc1)(C3)C2. The maximum absolute atomic E-state index is 13.2. The molecule has 1 aromatic carbocycles. The molecule has 140 valence electrons. The minimum Gasteiger partial charge on any atom is -0.355 e. The fourth-order valence-electron chi connectivity index (χ4n) is 6.33. The average Bonchev–Trinajstić information content (AvgIpc) is 2.64. The summed E-state index contributed by atoms with van der Waals surface area (Å²) in [5, 5.41) is 5.81. The molecule has 2 N–H and O–H groups in total. The first-order valence-corrected chi connectivity index (χ1v) is 10.2. The molecular formula is C22H30N2O2. The van der Waals surface area contributed by atoms with Gasteiger partial charge in [0.2, 0.25) is 11.8 Å². The molecule has 4 atom stereocenters. The van der Waals surface area contributed by atoms with Gasteiger partial charge in [-0.05, 0) is 67.8 Å². The van der Waals surface area contributed by atoms with Crippen LogP contribution in [0.15, 0.2) is 30.3 Å². The molecule has 2 unspecified atom stereocenters. The third kappa shape index (κ3) is 3.04. The molecule has 0 spiro atoms. The fraction of sp³-hybridized carbons (Fsp3) is 0.636. The second-order valence-electron chi connectivity index (χ2n) is 8.92. The van der Waals surface area contributed by atoms with Gasteiger partial charge in [0.05, 0.1) is 12.0 Å². The Labute approximate surface area is 156 Å². The first-order valence-electron chi connectivity index (χ1n) is 10.2. The highest BCUT2D eigenvalue weighted by Gasteiger charge is 2.60. The molecule has 4 heteroatoms. The Balaban J connectivity index is 1.51. The van der Waals surface area contributed by atoms with Gasteiger partial charge in [0, 0.05) is 6.54 Å². The van der Waals surface area contributed by atoms with Crippen LogP contribution in [0.3, 0.4) is 0 Å². The number of carbonyl (C=O) groups excluding carboxylic acids is 2. The van der Waals surface area contributed by atoms with Gasteiger partial charge in [0.25, 0.3) is 0 Å². The Bertz CT molecular complexity index is 671. The topological polar surface area (TPSA) is 58.2 Å². The summed E-state index contributed by atoms with van der Waals surface area (Å²) in [6.07, 6.45) is 7.58. The number of nitrogens with one attached hydrogen (secondary N) is 2. The minimum absolute atomic E-state index is 0.0808. The highest BCUT2D eigenvalue weighted by atomic mass is 16.2. The monoisotopic (exact) mass is 354 g/mol. The Morgan fingerprint density at radius 2 is 1.73 bits per heavy atom. The summed E-state index contributed by atoms with van der Waals surface area (Å²) in [6, 6.07) is 10.8. The molecule has 0 saturated heterocycles. The van der Waals surface area contributed by atoms with E-state index in [4.69, 9.17) is 0 Å². The van der Waals surface area contributed by atoms with E-state index in [1.165, 1.54) is 24.8 Å². The lowest BCUT2D eigenvalue weighted by molar-refractivity contribution is -0.149. The zero-order valence-corrected chi connectivity index (χ0v) is 15.7. The Hall–Kier alpha value is -1.84.